The maximum Gasteiger partial charge on any atom is 0.410 e. The Morgan fingerprint density at radius 3 is 2.34 bits per heavy atom. The second-order valence-electron chi connectivity index (χ2n) is 11.9. The summed E-state index contributed by atoms with van der Waals surface area (Å²) >= 11 is 0. The van der Waals surface area contributed by atoms with Gasteiger partial charge in [0, 0.05) is 32.6 Å². The van der Waals surface area contributed by atoms with Crippen LogP contribution in [0.25, 0.3) is 0 Å². The van der Waals surface area contributed by atoms with Crippen LogP contribution in [0.5, 0.6) is 5.75 Å². The number of rotatable bonds is 11. The van der Waals surface area contributed by atoms with Crippen molar-refractivity contribution in [2.45, 2.75) is 77.4 Å². The first-order chi connectivity index (χ1) is 19.4. The van der Waals surface area contributed by atoms with Crippen LogP contribution in [0, 0.1) is 11.8 Å². The molecule has 3 amide bonds. The average molecular weight is 578 g/mol. The minimum atomic E-state index is -1.05. The van der Waals surface area contributed by atoms with Crippen molar-refractivity contribution in [1.82, 2.24) is 15.1 Å². The predicted octanol–water partition coefficient (Wildman–Crippen LogP) is 4.33. The van der Waals surface area contributed by atoms with Crippen molar-refractivity contribution in [3.8, 4) is 5.75 Å². The van der Waals surface area contributed by atoms with Crippen LogP contribution in [0.15, 0.2) is 24.3 Å². The summed E-state index contributed by atoms with van der Waals surface area (Å²) in [5, 5.41) is 12.3. The van der Waals surface area contributed by atoms with Gasteiger partial charge < -0.3 is 29.7 Å². The smallest absolute Gasteiger partial charge is 0.410 e. The van der Waals surface area contributed by atoms with Crippen molar-refractivity contribution in [2.75, 3.05) is 39.5 Å². The number of hydrogen-bond acceptors (Lipinski definition) is 6. The third kappa shape index (κ3) is 10.5. The number of carbonyl (C=O) groups is 4. The van der Waals surface area contributed by atoms with Crippen LogP contribution >= 0.6 is 0 Å². The van der Waals surface area contributed by atoms with Gasteiger partial charge in [0.15, 0.2) is 0 Å². The zero-order valence-corrected chi connectivity index (χ0v) is 24.4. The zero-order valence-electron chi connectivity index (χ0n) is 24.4. The third-order valence-corrected chi connectivity index (χ3v) is 7.50. The van der Waals surface area contributed by atoms with Gasteiger partial charge in [-0.1, -0.05) is 12.1 Å². The first-order valence-electron chi connectivity index (χ1n) is 14.5. The highest BCUT2D eigenvalue weighted by Gasteiger charge is 2.31. The maximum atomic E-state index is 13.2. The van der Waals surface area contributed by atoms with Crippen LogP contribution in [0.3, 0.4) is 0 Å². The highest BCUT2D eigenvalue weighted by atomic mass is 19.1. The molecule has 2 aliphatic rings. The molecule has 2 atom stereocenters. The van der Waals surface area contributed by atoms with E-state index < -0.39 is 30.2 Å². The molecule has 0 bridgehead atoms. The molecule has 0 spiro atoms. The molecule has 2 fully saturated rings. The quantitative estimate of drug-likeness (QED) is 0.401. The monoisotopic (exact) mass is 577 g/mol. The molecule has 2 heterocycles. The van der Waals surface area contributed by atoms with Crippen molar-refractivity contribution in [3.63, 3.8) is 0 Å². The van der Waals surface area contributed by atoms with Gasteiger partial charge in [-0.25, -0.2) is 9.18 Å². The second kappa shape index (κ2) is 15.0. The second-order valence-corrected chi connectivity index (χ2v) is 11.9. The summed E-state index contributed by atoms with van der Waals surface area (Å²) in [6, 6.07) is 5.82. The van der Waals surface area contributed by atoms with E-state index in [0.29, 0.717) is 62.7 Å². The number of hydrogen-bond donors (Lipinski definition) is 2. The van der Waals surface area contributed by atoms with Gasteiger partial charge in [0.25, 0.3) is 0 Å². The number of halogens is 1. The number of ether oxygens (including phenoxy) is 2. The van der Waals surface area contributed by atoms with Crippen molar-refractivity contribution in [2.24, 2.45) is 11.8 Å². The molecule has 11 heteroatoms. The lowest BCUT2D eigenvalue weighted by Crippen LogP contribution is -2.46. The summed E-state index contributed by atoms with van der Waals surface area (Å²) in [5.41, 5.74) is 0.0777. The van der Waals surface area contributed by atoms with Crippen molar-refractivity contribution in [3.05, 3.63) is 29.8 Å². The number of likely N-dealkylation sites (tertiary alicyclic amines) is 2. The normalized spacial score (nSPS) is 18.9. The van der Waals surface area contributed by atoms with E-state index in [0.717, 1.165) is 19.3 Å². The molecule has 2 N–H and O–H groups in total. The SMILES string of the molecule is CC(C)(C)OC(=O)N1CCC(CCC(=O)N2CCCC(C(=O)NC(CC(=O)O)c3ccc(OCCF)cc3)C2)CC1. The van der Waals surface area contributed by atoms with Gasteiger partial charge in [-0.05, 0) is 76.5 Å². The van der Waals surface area contributed by atoms with Gasteiger partial charge in [0.1, 0.15) is 24.6 Å². The Bertz CT molecular complexity index is 1040. The lowest BCUT2D eigenvalue weighted by atomic mass is 9.91. The summed E-state index contributed by atoms with van der Waals surface area (Å²) in [6.45, 7) is 6.98. The van der Waals surface area contributed by atoms with Crippen LogP contribution in [0.1, 0.15) is 77.3 Å². The Kier molecular flexibility index (Phi) is 11.8. The molecule has 41 heavy (non-hydrogen) atoms. The Morgan fingerprint density at radius 1 is 1.05 bits per heavy atom. The predicted molar refractivity (Wildman–Crippen MR) is 150 cm³/mol. The summed E-state index contributed by atoms with van der Waals surface area (Å²) in [4.78, 5) is 53.5. The molecule has 0 saturated carbocycles. The number of aliphatic carboxylic acids is 1. The van der Waals surface area contributed by atoms with Gasteiger partial charge >= 0.3 is 12.1 Å². The van der Waals surface area contributed by atoms with Gasteiger partial charge in [-0.2, -0.15) is 0 Å². The summed E-state index contributed by atoms with van der Waals surface area (Å²) < 4.78 is 23.0. The van der Waals surface area contributed by atoms with E-state index >= 15 is 0 Å². The minimum Gasteiger partial charge on any atom is -0.491 e. The first kappa shape index (κ1) is 32.1. The maximum absolute atomic E-state index is 13.2. The molecule has 0 radical (unpaired) electrons. The highest BCUT2D eigenvalue weighted by Crippen LogP contribution is 2.26. The van der Waals surface area contributed by atoms with E-state index in [9.17, 15) is 28.7 Å². The average Bonchev–Trinajstić information content (AvgIpc) is 2.94. The number of piperidine rings is 2. The Labute approximate surface area is 241 Å². The molecule has 3 rings (SSSR count). The molecule has 0 aromatic heterocycles. The minimum absolute atomic E-state index is 0.0167. The number of amides is 3. The molecule has 10 nitrogen and oxygen atoms in total. The van der Waals surface area contributed by atoms with Crippen molar-refractivity contribution < 1.29 is 38.1 Å². The Morgan fingerprint density at radius 2 is 1.73 bits per heavy atom. The topological polar surface area (TPSA) is 125 Å². The number of benzene rings is 1. The highest BCUT2D eigenvalue weighted by molar-refractivity contribution is 5.82. The molecule has 2 saturated heterocycles. The molecule has 2 aliphatic heterocycles. The zero-order chi connectivity index (χ0) is 30.0. The standard InChI is InChI=1S/C30H44FN3O7/c1-30(2,3)41-29(39)33-16-12-21(13-17-33)6-11-26(35)34-15-4-5-23(20-34)28(38)32-25(19-27(36)37)22-7-9-24(10-8-22)40-18-14-31/h7-10,21,23,25H,4-6,11-20H2,1-3H3,(H,32,38)(H,36,37). The third-order valence-electron chi connectivity index (χ3n) is 7.50. The Balaban J connectivity index is 1.48. The molecule has 0 aliphatic carbocycles. The number of carboxylic acid groups (broad SMARTS) is 1. The van der Waals surface area contributed by atoms with Gasteiger partial charge in [0.05, 0.1) is 18.4 Å². The van der Waals surface area contributed by atoms with E-state index in [4.69, 9.17) is 9.47 Å². The van der Waals surface area contributed by atoms with E-state index in [-0.39, 0.29) is 30.9 Å². The summed E-state index contributed by atoms with van der Waals surface area (Å²) in [6.07, 6.45) is 3.51. The largest absolute Gasteiger partial charge is 0.491 e. The van der Waals surface area contributed by atoms with Crippen LogP contribution in [-0.4, -0.2) is 83.8 Å². The molecule has 2 unspecified atom stereocenters. The van der Waals surface area contributed by atoms with E-state index in [1.165, 1.54) is 0 Å². The lowest BCUT2D eigenvalue weighted by Gasteiger charge is -2.35. The fourth-order valence-corrected chi connectivity index (χ4v) is 5.30. The molecule has 228 valence electrons. The fraction of sp³-hybridized carbons (Fsp3) is 0.667. The molecule has 1 aromatic rings. The van der Waals surface area contributed by atoms with E-state index in [1.54, 1.807) is 34.1 Å². The number of alkyl halides is 1. The van der Waals surface area contributed by atoms with E-state index in [2.05, 4.69) is 5.32 Å². The summed E-state index contributed by atoms with van der Waals surface area (Å²) in [7, 11) is 0. The van der Waals surface area contributed by atoms with Crippen LogP contribution in [0.2, 0.25) is 0 Å². The summed E-state index contributed by atoms with van der Waals surface area (Å²) in [5.74, 6) is -0.920. The van der Waals surface area contributed by atoms with Gasteiger partial charge in [-0.15, -0.1) is 0 Å². The molecule has 1 aromatic carbocycles. The first-order valence-corrected chi connectivity index (χ1v) is 14.5. The van der Waals surface area contributed by atoms with Crippen LogP contribution in [0.4, 0.5) is 9.18 Å². The number of carbonyl (C=O) groups excluding carboxylic acids is 3. The van der Waals surface area contributed by atoms with Crippen LogP contribution in [-0.2, 0) is 19.1 Å². The Hall–Kier alpha value is -3.37. The molecular formula is C30H44FN3O7. The molecular weight excluding hydrogens is 533 g/mol. The van der Waals surface area contributed by atoms with E-state index in [1.807, 2.05) is 20.8 Å². The van der Waals surface area contributed by atoms with Crippen molar-refractivity contribution in [1.29, 1.82) is 0 Å². The lowest BCUT2D eigenvalue weighted by molar-refractivity contribution is -0.138. The number of carboxylic acids is 1. The van der Waals surface area contributed by atoms with Gasteiger partial charge in [0.2, 0.25) is 11.8 Å². The number of nitrogens with one attached hydrogen (secondary N) is 1. The van der Waals surface area contributed by atoms with Gasteiger partial charge in [-0.3, -0.25) is 14.4 Å². The number of nitrogens with zero attached hydrogens (tertiary/aromatic N) is 2. The fourth-order valence-electron chi connectivity index (χ4n) is 5.30. The van der Waals surface area contributed by atoms with Crippen LogP contribution < -0.4 is 10.1 Å². The van der Waals surface area contributed by atoms with Crippen molar-refractivity contribution >= 4 is 23.9 Å².